The van der Waals surface area contributed by atoms with Crippen LogP contribution in [0.5, 0.6) is 11.5 Å². The van der Waals surface area contributed by atoms with Crippen LogP contribution in [0.1, 0.15) is 40.3 Å². The van der Waals surface area contributed by atoms with Gasteiger partial charge in [0, 0.05) is 40.8 Å². The lowest BCUT2D eigenvalue weighted by molar-refractivity contribution is 0.0994. The molecule has 1 spiro atoms. The molecular formula is C19H19NO4S2. The second kappa shape index (κ2) is 6.16. The van der Waals surface area contributed by atoms with Crippen LogP contribution in [0.3, 0.4) is 0 Å². The number of amides is 1. The van der Waals surface area contributed by atoms with Crippen LogP contribution in [0.25, 0.3) is 0 Å². The molecule has 5 rings (SSSR count). The fourth-order valence-electron chi connectivity index (χ4n) is 3.98. The number of benzene rings is 1. The van der Waals surface area contributed by atoms with E-state index < -0.39 is 0 Å². The quantitative estimate of drug-likeness (QED) is 0.814. The molecule has 5 nitrogen and oxygen atoms in total. The monoisotopic (exact) mass is 389 g/mol. The van der Waals surface area contributed by atoms with Gasteiger partial charge >= 0.3 is 0 Å². The van der Waals surface area contributed by atoms with Crippen LogP contribution in [-0.2, 0) is 10.5 Å². The first-order valence-electron chi connectivity index (χ1n) is 8.78. The Hall–Kier alpha value is -1.73. The second-order valence-corrected chi connectivity index (χ2v) is 9.73. The molecule has 0 unspecified atom stereocenters. The van der Waals surface area contributed by atoms with Crippen molar-refractivity contribution in [3.05, 3.63) is 40.8 Å². The minimum Gasteiger partial charge on any atom is -0.455 e. The molecule has 0 radical (unpaired) electrons. The van der Waals surface area contributed by atoms with Gasteiger partial charge in [-0.3, -0.25) is 4.79 Å². The Labute approximate surface area is 160 Å². The molecule has 0 atom stereocenters. The Balaban J connectivity index is 1.45. The van der Waals surface area contributed by atoms with Crippen molar-refractivity contribution < 1.29 is 18.7 Å². The molecule has 1 amide bonds. The summed E-state index contributed by atoms with van der Waals surface area (Å²) in [6, 6.07) is 5.40. The molecule has 0 bridgehead atoms. The average Bonchev–Trinajstić information content (AvgIpc) is 3.35. The van der Waals surface area contributed by atoms with E-state index in [0.29, 0.717) is 22.9 Å². The number of aryl methyl sites for hydroxylation is 1. The summed E-state index contributed by atoms with van der Waals surface area (Å²) in [6.45, 7) is 2.23. The van der Waals surface area contributed by atoms with E-state index in [0.717, 1.165) is 42.1 Å². The van der Waals surface area contributed by atoms with Gasteiger partial charge in [-0.05, 0) is 31.9 Å². The van der Waals surface area contributed by atoms with Crippen LogP contribution in [0, 0.1) is 6.92 Å². The predicted octanol–water partition coefficient (Wildman–Crippen LogP) is 4.54. The zero-order valence-corrected chi connectivity index (χ0v) is 16.1. The Kier molecular flexibility index (Phi) is 3.90. The van der Waals surface area contributed by atoms with Crippen LogP contribution < -0.4 is 14.8 Å². The van der Waals surface area contributed by atoms with Crippen molar-refractivity contribution in [1.82, 2.24) is 0 Å². The highest BCUT2D eigenvalue weighted by molar-refractivity contribution is 8.20. The zero-order chi connectivity index (χ0) is 17.7. The number of anilines is 1. The third-order valence-corrected chi connectivity index (χ3v) is 8.63. The fraction of sp³-hybridized carbons (Fsp3) is 0.421. The van der Waals surface area contributed by atoms with Gasteiger partial charge in [-0.25, -0.2) is 0 Å². The lowest BCUT2D eigenvalue weighted by Gasteiger charge is -2.31. The van der Waals surface area contributed by atoms with E-state index in [4.69, 9.17) is 13.9 Å². The molecular weight excluding hydrogens is 370 g/mol. The number of rotatable bonds is 2. The van der Waals surface area contributed by atoms with E-state index in [2.05, 4.69) is 5.32 Å². The van der Waals surface area contributed by atoms with Crippen LogP contribution in [0.2, 0.25) is 0 Å². The van der Waals surface area contributed by atoms with Gasteiger partial charge in [0.15, 0.2) is 17.3 Å². The molecule has 2 aromatic rings. The number of hydrogen-bond donors (Lipinski definition) is 1. The maximum Gasteiger partial charge on any atom is 0.291 e. The molecule has 1 fully saturated rings. The summed E-state index contributed by atoms with van der Waals surface area (Å²) in [4.78, 5) is 12.9. The van der Waals surface area contributed by atoms with E-state index in [1.807, 2.05) is 36.5 Å². The highest BCUT2D eigenvalue weighted by Crippen LogP contribution is 2.59. The van der Waals surface area contributed by atoms with E-state index in [9.17, 15) is 4.79 Å². The lowest BCUT2D eigenvalue weighted by atomic mass is 9.94. The topological polar surface area (TPSA) is 60.7 Å². The summed E-state index contributed by atoms with van der Waals surface area (Å²) < 4.78 is 16.8. The van der Waals surface area contributed by atoms with Gasteiger partial charge < -0.3 is 19.2 Å². The number of carbonyl (C=O) groups is 1. The van der Waals surface area contributed by atoms with E-state index >= 15 is 0 Å². The summed E-state index contributed by atoms with van der Waals surface area (Å²) in [5.74, 6) is 4.88. The first-order chi connectivity index (χ1) is 12.7. The first-order valence-corrected chi connectivity index (χ1v) is 10.7. The van der Waals surface area contributed by atoms with Crippen molar-refractivity contribution >= 4 is 35.1 Å². The Bertz CT molecular complexity index is 886. The summed E-state index contributed by atoms with van der Waals surface area (Å²) in [7, 11) is 0. The molecule has 1 saturated heterocycles. The number of furan rings is 1. The van der Waals surface area contributed by atoms with Crippen LogP contribution in [0.15, 0.2) is 22.6 Å². The summed E-state index contributed by atoms with van der Waals surface area (Å²) in [6.07, 6.45) is 3.18. The molecule has 26 heavy (non-hydrogen) atoms. The van der Waals surface area contributed by atoms with E-state index in [-0.39, 0.29) is 16.8 Å². The summed E-state index contributed by atoms with van der Waals surface area (Å²) in [5.41, 5.74) is 2.92. The molecule has 3 heterocycles. The SMILES string of the molecule is Cc1c(C(=O)Nc2ccc3c(c2)OCO3)oc2c1C1(CCC2)SCCS1. The van der Waals surface area contributed by atoms with E-state index in [1.165, 1.54) is 5.56 Å². The molecule has 1 aromatic carbocycles. The second-order valence-electron chi connectivity index (χ2n) is 6.68. The molecule has 1 aliphatic carbocycles. The number of fused-ring (bicyclic) bond motifs is 3. The number of carbonyl (C=O) groups excluding carboxylic acids is 1. The fourth-order valence-corrected chi connectivity index (χ4v) is 7.54. The largest absolute Gasteiger partial charge is 0.455 e. The van der Waals surface area contributed by atoms with Crippen molar-refractivity contribution in [2.24, 2.45) is 0 Å². The standard InChI is InChI=1S/C19H19NO4S2/c1-11-16-14(3-2-6-19(16)25-7-8-26-19)24-17(11)18(21)20-12-4-5-13-15(9-12)23-10-22-13/h4-5,9H,2-3,6-8,10H2,1H3,(H,20,21). The van der Waals surface area contributed by atoms with Crippen molar-refractivity contribution in [2.75, 3.05) is 23.6 Å². The van der Waals surface area contributed by atoms with Crippen molar-refractivity contribution in [1.29, 1.82) is 0 Å². The maximum absolute atomic E-state index is 12.9. The van der Waals surface area contributed by atoms with Crippen LogP contribution >= 0.6 is 23.5 Å². The number of nitrogens with one attached hydrogen (secondary N) is 1. The zero-order valence-electron chi connectivity index (χ0n) is 14.4. The van der Waals surface area contributed by atoms with Crippen molar-refractivity contribution in [3.8, 4) is 11.5 Å². The highest BCUT2D eigenvalue weighted by atomic mass is 32.2. The molecule has 2 aliphatic heterocycles. The van der Waals surface area contributed by atoms with Crippen LogP contribution in [-0.4, -0.2) is 24.2 Å². The van der Waals surface area contributed by atoms with Gasteiger partial charge in [-0.1, -0.05) is 0 Å². The average molecular weight is 389 g/mol. The van der Waals surface area contributed by atoms with Crippen molar-refractivity contribution in [3.63, 3.8) is 0 Å². The lowest BCUT2D eigenvalue weighted by Crippen LogP contribution is -2.21. The van der Waals surface area contributed by atoms with Gasteiger partial charge in [0.05, 0.1) is 4.08 Å². The Morgan fingerprint density at radius 1 is 1.19 bits per heavy atom. The molecule has 136 valence electrons. The molecule has 1 N–H and O–H groups in total. The predicted molar refractivity (Wildman–Crippen MR) is 103 cm³/mol. The molecule has 7 heteroatoms. The van der Waals surface area contributed by atoms with Gasteiger partial charge in [0.1, 0.15) is 5.76 Å². The molecule has 0 saturated carbocycles. The smallest absolute Gasteiger partial charge is 0.291 e. The number of ether oxygens (including phenoxy) is 2. The van der Waals surface area contributed by atoms with Gasteiger partial charge in [-0.15, -0.1) is 23.5 Å². The van der Waals surface area contributed by atoms with Crippen LogP contribution in [0.4, 0.5) is 5.69 Å². The third kappa shape index (κ3) is 2.52. The first kappa shape index (κ1) is 16.4. The normalized spacial score (nSPS) is 19.6. The third-order valence-electron chi connectivity index (χ3n) is 5.10. The van der Waals surface area contributed by atoms with Gasteiger partial charge in [0.25, 0.3) is 5.91 Å². The summed E-state index contributed by atoms with van der Waals surface area (Å²) >= 11 is 4.01. The maximum atomic E-state index is 12.9. The number of hydrogen-bond acceptors (Lipinski definition) is 6. The number of thioether (sulfide) groups is 2. The van der Waals surface area contributed by atoms with Crippen molar-refractivity contribution in [2.45, 2.75) is 30.3 Å². The minimum atomic E-state index is -0.209. The van der Waals surface area contributed by atoms with E-state index in [1.54, 1.807) is 12.1 Å². The molecule has 1 aromatic heterocycles. The molecule has 3 aliphatic rings. The highest BCUT2D eigenvalue weighted by Gasteiger charge is 2.45. The van der Waals surface area contributed by atoms with Gasteiger partial charge in [-0.2, -0.15) is 0 Å². The minimum absolute atomic E-state index is 0.0818. The Morgan fingerprint density at radius 3 is 2.85 bits per heavy atom. The summed E-state index contributed by atoms with van der Waals surface area (Å²) in [5, 5.41) is 2.94. The Morgan fingerprint density at radius 2 is 2.00 bits per heavy atom. The van der Waals surface area contributed by atoms with Gasteiger partial charge in [0.2, 0.25) is 6.79 Å².